The Bertz CT molecular complexity index is 885. The Hall–Kier alpha value is -2.66. The molecule has 0 aliphatic rings. The lowest BCUT2D eigenvalue weighted by Gasteiger charge is -2.21. The van der Waals surface area contributed by atoms with Gasteiger partial charge in [0, 0.05) is 24.0 Å². The van der Waals surface area contributed by atoms with Gasteiger partial charge in [-0.1, -0.05) is 46.2 Å². The van der Waals surface area contributed by atoms with E-state index in [1.807, 2.05) is 16.8 Å². The normalized spacial score (nSPS) is 12.7. The fraction of sp³-hybridized carbons (Fsp3) is 0.375. The minimum Gasteiger partial charge on any atom is -0.355 e. The molecule has 3 aromatic rings. The average Bonchev–Trinajstić information content (AvgIpc) is 3.12. The molecule has 0 aliphatic carbocycles. The second kappa shape index (κ2) is 9.23. The molecule has 2 aromatic heterocycles. The molecule has 153 valence electrons. The monoisotopic (exact) mass is 390 g/mol. The molecule has 2 N–H and O–H groups in total. The van der Waals surface area contributed by atoms with E-state index < -0.39 is 0 Å². The zero-order chi connectivity index (χ0) is 20.9. The minimum atomic E-state index is 0.121. The van der Waals surface area contributed by atoms with Gasteiger partial charge in [-0.25, -0.2) is 4.68 Å². The third-order valence-corrected chi connectivity index (χ3v) is 4.95. The highest BCUT2D eigenvalue weighted by molar-refractivity contribution is 5.64. The highest BCUT2D eigenvalue weighted by atomic mass is 15.3. The molecular weight excluding hydrogens is 358 g/mol. The maximum Gasteiger partial charge on any atom is 0.131 e. The van der Waals surface area contributed by atoms with Crippen LogP contribution in [0.5, 0.6) is 0 Å². The predicted octanol–water partition coefficient (Wildman–Crippen LogP) is 5.19. The van der Waals surface area contributed by atoms with Crippen molar-refractivity contribution in [2.75, 3.05) is 11.9 Å². The number of rotatable bonds is 8. The van der Waals surface area contributed by atoms with Crippen LogP contribution < -0.4 is 10.6 Å². The van der Waals surface area contributed by atoms with E-state index in [0.29, 0.717) is 6.54 Å². The summed E-state index contributed by atoms with van der Waals surface area (Å²) in [5.74, 6) is 0.958. The van der Waals surface area contributed by atoms with Gasteiger partial charge in [0.2, 0.25) is 0 Å². The summed E-state index contributed by atoms with van der Waals surface area (Å²) in [6.07, 6.45) is 5.82. The molecule has 1 atom stereocenters. The van der Waals surface area contributed by atoms with E-state index in [9.17, 15) is 0 Å². The highest BCUT2D eigenvalue weighted by Gasteiger charge is 2.17. The van der Waals surface area contributed by atoms with Crippen molar-refractivity contribution in [3.05, 3.63) is 67.3 Å². The Kier molecular flexibility index (Phi) is 6.70. The van der Waals surface area contributed by atoms with Crippen molar-refractivity contribution < 1.29 is 0 Å². The van der Waals surface area contributed by atoms with Crippen LogP contribution in [0, 0.1) is 6.92 Å². The first-order valence-corrected chi connectivity index (χ1v) is 10.3. The summed E-state index contributed by atoms with van der Waals surface area (Å²) in [5.41, 5.74) is 4.42. The quantitative estimate of drug-likeness (QED) is 0.520. The predicted molar refractivity (Wildman–Crippen MR) is 121 cm³/mol. The first kappa shape index (κ1) is 21.1. The Labute approximate surface area is 174 Å². The number of hydrogen-bond acceptors (Lipinski definition) is 4. The third-order valence-electron chi connectivity index (χ3n) is 4.95. The zero-order valence-corrected chi connectivity index (χ0v) is 17.9. The van der Waals surface area contributed by atoms with Gasteiger partial charge in [0.1, 0.15) is 5.82 Å². The van der Waals surface area contributed by atoms with Crippen molar-refractivity contribution in [1.82, 2.24) is 20.1 Å². The molecule has 1 aromatic carbocycles. The first-order valence-electron chi connectivity index (χ1n) is 10.3. The number of aromatic nitrogens is 3. The van der Waals surface area contributed by atoms with E-state index in [2.05, 4.69) is 80.6 Å². The van der Waals surface area contributed by atoms with Gasteiger partial charge in [-0.2, -0.15) is 5.10 Å². The molecule has 0 fully saturated rings. The standard InChI is InChI=1S/C24H32N5/c1-6-8-22(26-7-2)27-23-17-21(18-13-15-25-16-14-18)28-29(23)20-11-9-19(10-12-20)24(3,4)5/h9-17,22,26-27H,2,6-8H2,1,3-5H3. The molecule has 0 spiro atoms. The van der Waals surface area contributed by atoms with Gasteiger partial charge in [0.15, 0.2) is 0 Å². The Balaban J connectivity index is 2.00. The zero-order valence-electron chi connectivity index (χ0n) is 17.9. The summed E-state index contributed by atoms with van der Waals surface area (Å²) in [4.78, 5) is 4.12. The van der Waals surface area contributed by atoms with Crippen LogP contribution in [0.4, 0.5) is 5.82 Å². The maximum atomic E-state index is 4.90. The van der Waals surface area contributed by atoms with E-state index in [1.54, 1.807) is 12.4 Å². The highest BCUT2D eigenvalue weighted by Crippen LogP contribution is 2.27. The molecule has 2 heterocycles. The molecule has 3 rings (SSSR count). The maximum absolute atomic E-state index is 4.90. The summed E-state index contributed by atoms with van der Waals surface area (Å²) in [6, 6.07) is 14.7. The van der Waals surface area contributed by atoms with Crippen molar-refractivity contribution in [3.63, 3.8) is 0 Å². The molecule has 0 saturated heterocycles. The van der Waals surface area contributed by atoms with Gasteiger partial charge in [0.25, 0.3) is 0 Å². The van der Waals surface area contributed by atoms with E-state index in [4.69, 9.17) is 5.10 Å². The molecule has 0 aliphatic heterocycles. The van der Waals surface area contributed by atoms with Crippen molar-refractivity contribution in [2.24, 2.45) is 0 Å². The van der Waals surface area contributed by atoms with Gasteiger partial charge in [-0.05, 0) is 55.1 Å². The van der Waals surface area contributed by atoms with Gasteiger partial charge in [-0.15, -0.1) is 0 Å². The van der Waals surface area contributed by atoms with Crippen molar-refractivity contribution in [1.29, 1.82) is 0 Å². The number of anilines is 1. The van der Waals surface area contributed by atoms with Gasteiger partial charge < -0.3 is 5.32 Å². The van der Waals surface area contributed by atoms with E-state index in [0.717, 1.165) is 35.6 Å². The van der Waals surface area contributed by atoms with E-state index >= 15 is 0 Å². The van der Waals surface area contributed by atoms with Crippen LogP contribution in [0.25, 0.3) is 16.9 Å². The van der Waals surface area contributed by atoms with Gasteiger partial charge in [0.05, 0.1) is 17.5 Å². The molecular formula is C24H32N5. The number of nitrogens with zero attached hydrogens (tertiary/aromatic N) is 3. The summed E-state index contributed by atoms with van der Waals surface area (Å²) >= 11 is 0. The van der Waals surface area contributed by atoms with Crippen LogP contribution in [0.1, 0.15) is 46.1 Å². The Morgan fingerprint density at radius 1 is 1.07 bits per heavy atom. The molecule has 1 unspecified atom stereocenters. The molecule has 5 nitrogen and oxygen atoms in total. The van der Waals surface area contributed by atoms with Crippen molar-refractivity contribution in [2.45, 2.75) is 52.1 Å². The van der Waals surface area contributed by atoms with Crippen molar-refractivity contribution in [3.8, 4) is 16.9 Å². The molecule has 1 radical (unpaired) electrons. The second-order valence-electron chi connectivity index (χ2n) is 8.30. The van der Waals surface area contributed by atoms with Gasteiger partial charge in [-0.3, -0.25) is 10.3 Å². The van der Waals surface area contributed by atoms with Crippen LogP contribution in [0.15, 0.2) is 54.9 Å². The average molecular weight is 391 g/mol. The molecule has 5 heteroatoms. The topological polar surface area (TPSA) is 54.8 Å². The number of benzene rings is 1. The van der Waals surface area contributed by atoms with Crippen molar-refractivity contribution >= 4 is 5.82 Å². The van der Waals surface area contributed by atoms with Crippen LogP contribution in [0.3, 0.4) is 0 Å². The van der Waals surface area contributed by atoms with Crippen LogP contribution in [-0.2, 0) is 5.41 Å². The Morgan fingerprint density at radius 3 is 2.34 bits per heavy atom. The summed E-state index contributed by atoms with van der Waals surface area (Å²) < 4.78 is 1.98. The largest absolute Gasteiger partial charge is 0.355 e. The molecule has 0 amide bonds. The third kappa shape index (κ3) is 5.24. The number of hydrogen-bond donors (Lipinski definition) is 2. The second-order valence-corrected chi connectivity index (χ2v) is 8.30. The lowest BCUT2D eigenvalue weighted by atomic mass is 9.87. The Morgan fingerprint density at radius 2 is 1.76 bits per heavy atom. The van der Waals surface area contributed by atoms with E-state index in [-0.39, 0.29) is 11.6 Å². The summed E-state index contributed by atoms with van der Waals surface area (Å²) in [5, 5.41) is 11.9. The number of nitrogens with one attached hydrogen (secondary N) is 2. The fourth-order valence-corrected chi connectivity index (χ4v) is 3.31. The van der Waals surface area contributed by atoms with Crippen LogP contribution in [0.2, 0.25) is 0 Å². The fourth-order valence-electron chi connectivity index (χ4n) is 3.31. The van der Waals surface area contributed by atoms with Gasteiger partial charge >= 0.3 is 0 Å². The molecule has 29 heavy (non-hydrogen) atoms. The van der Waals surface area contributed by atoms with Crippen LogP contribution >= 0.6 is 0 Å². The number of pyridine rings is 1. The minimum absolute atomic E-state index is 0.121. The van der Waals surface area contributed by atoms with E-state index in [1.165, 1.54) is 5.56 Å². The van der Waals surface area contributed by atoms with Crippen LogP contribution in [-0.4, -0.2) is 27.5 Å². The molecule has 0 bridgehead atoms. The lowest BCUT2D eigenvalue weighted by Crippen LogP contribution is -2.36. The first-order chi connectivity index (χ1) is 13.9. The summed E-state index contributed by atoms with van der Waals surface area (Å²) in [7, 11) is 0. The molecule has 0 saturated carbocycles. The lowest BCUT2D eigenvalue weighted by molar-refractivity contribution is 0.543. The smallest absolute Gasteiger partial charge is 0.131 e. The SMILES string of the molecule is [CH2]CNC(CCC)Nc1cc(-c2ccncc2)nn1-c1ccc(C(C)(C)C)cc1. The summed E-state index contributed by atoms with van der Waals surface area (Å²) in [6.45, 7) is 13.5.